The van der Waals surface area contributed by atoms with Crippen molar-refractivity contribution in [1.82, 2.24) is 4.90 Å². The number of nitrogens with zero attached hydrogens (tertiary/aromatic N) is 1. The first kappa shape index (κ1) is 12.6. The van der Waals surface area contributed by atoms with Crippen LogP contribution in [0, 0.1) is 0 Å². The maximum atomic E-state index is 11.5. The van der Waals surface area contributed by atoms with E-state index in [1.54, 1.807) is 0 Å². The second-order valence-electron chi connectivity index (χ2n) is 3.58. The fourth-order valence-corrected chi connectivity index (χ4v) is 1.42. The first-order valence-electron chi connectivity index (χ1n) is 5.02. The number of hydrogen-bond donors (Lipinski definition) is 1. The molecule has 3 nitrogen and oxygen atoms in total. The van der Waals surface area contributed by atoms with Gasteiger partial charge in [-0.15, -0.1) is 0 Å². The van der Waals surface area contributed by atoms with Gasteiger partial charge in [0.1, 0.15) is 5.78 Å². The van der Waals surface area contributed by atoms with Gasteiger partial charge in [-0.2, -0.15) is 0 Å². The molecule has 0 spiro atoms. The number of unbranched alkanes of at least 4 members (excludes halogenated alkanes) is 1. The van der Waals surface area contributed by atoms with E-state index in [0.29, 0.717) is 12.2 Å². The summed E-state index contributed by atoms with van der Waals surface area (Å²) in [6.45, 7) is 2.64. The number of carbonyl (C=O) groups excluding carboxylic acids is 1. The number of nitrogens with two attached hydrogens (primary N) is 1. The third kappa shape index (κ3) is 5.01. The summed E-state index contributed by atoms with van der Waals surface area (Å²) in [4.78, 5) is 13.5. The molecule has 0 aromatic carbocycles. The van der Waals surface area contributed by atoms with Crippen molar-refractivity contribution < 1.29 is 4.79 Å². The number of likely N-dealkylation sites (N-methyl/N-ethyl adjacent to an activating group) is 1. The summed E-state index contributed by atoms with van der Waals surface area (Å²) in [5.41, 5.74) is 5.40. The minimum Gasteiger partial charge on any atom is -0.330 e. The molecule has 0 rings (SSSR count). The second-order valence-corrected chi connectivity index (χ2v) is 3.58. The van der Waals surface area contributed by atoms with E-state index < -0.39 is 0 Å². The maximum absolute atomic E-state index is 11.5. The zero-order valence-electron chi connectivity index (χ0n) is 9.05. The minimum absolute atomic E-state index is 0.0940. The van der Waals surface area contributed by atoms with Crippen LogP contribution in [0.5, 0.6) is 0 Å². The number of ketones is 1. The molecule has 3 heteroatoms. The number of carbonyl (C=O) groups is 1. The standard InChI is InChI=1S/C10H22N2O/c1-4-10(13)9(12(2)3)7-5-6-8-11/h9H,4-8,11H2,1-3H3. The van der Waals surface area contributed by atoms with Gasteiger partial charge >= 0.3 is 0 Å². The van der Waals surface area contributed by atoms with E-state index >= 15 is 0 Å². The number of Topliss-reactive ketones (excluding diaryl/α,β-unsaturated/α-hetero) is 1. The highest BCUT2D eigenvalue weighted by molar-refractivity contribution is 5.83. The third-order valence-electron chi connectivity index (χ3n) is 2.28. The van der Waals surface area contributed by atoms with Crippen molar-refractivity contribution in [1.29, 1.82) is 0 Å². The van der Waals surface area contributed by atoms with Crippen molar-refractivity contribution in [3.63, 3.8) is 0 Å². The van der Waals surface area contributed by atoms with Gasteiger partial charge in [-0.1, -0.05) is 13.3 Å². The van der Waals surface area contributed by atoms with Gasteiger partial charge in [-0.05, 0) is 33.5 Å². The number of hydrogen-bond acceptors (Lipinski definition) is 3. The summed E-state index contributed by atoms with van der Waals surface area (Å²) in [5, 5.41) is 0. The first-order valence-corrected chi connectivity index (χ1v) is 5.02. The topological polar surface area (TPSA) is 46.3 Å². The summed E-state index contributed by atoms with van der Waals surface area (Å²) < 4.78 is 0. The highest BCUT2D eigenvalue weighted by Crippen LogP contribution is 2.08. The van der Waals surface area contributed by atoms with Crippen LogP contribution in [0.4, 0.5) is 0 Å². The van der Waals surface area contributed by atoms with Crippen molar-refractivity contribution in [2.24, 2.45) is 5.73 Å². The van der Waals surface area contributed by atoms with Crippen molar-refractivity contribution in [2.45, 2.75) is 38.6 Å². The van der Waals surface area contributed by atoms with Gasteiger partial charge in [0, 0.05) is 6.42 Å². The molecule has 0 amide bonds. The Labute approximate surface area is 81.3 Å². The highest BCUT2D eigenvalue weighted by Gasteiger charge is 2.17. The lowest BCUT2D eigenvalue weighted by Gasteiger charge is -2.22. The highest BCUT2D eigenvalue weighted by atomic mass is 16.1. The van der Waals surface area contributed by atoms with Gasteiger partial charge in [0.25, 0.3) is 0 Å². The molecule has 0 bridgehead atoms. The molecule has 13 heavy (non-hydrogen) atoms. The molecule has 0 saturated carbocycles. The second kappa shape index (κ2) is 7.04. The van der Waals surface area contributed by atoms with E-state index in [9.17, 15) is 4.79 Å². The fourth-order valence-electron chi connectivity index (χ4n) is 1.42. The molecule has 0 saturated heterocycles. The molecule has 0 radical (unpaired) electrons. The lowest BCUT2D eigenvalue weighted by atomic mass is 10.0. The summed E-state index contributed by atoms with van der Waals surface area (Å²) in [6.07, 6.45) is 3.63. The van der Waals surface area contributed by atoms with Gasteiger partial charge in [0.15, 0.2) is 0 Å². The van der Waals surface area contributed by atoms with Crippen LogP contribution in [0.2, 0.25) is 0 Å². The van der Waals surface area contributed by atoms with Crippen molar-refractivity contribution in [3.05, 3.63) is 0 Å². The van der Waals surface area contributed by atoms with Gasteiger partial charge in [0.05, 0.1) is 6.04 Å². The Hall–Kier alpha value is -0.410. The Bertz CT molecular complexity index is 146. The Morgan fingerprint density at radius 3 is 2.38 bits per heavy atom. The molecule has 0 aromatic heterocycles. The molecule has 2 N–H and O–H groups in total. The smallest absolute Gasteiger partial charge is 0.149 e. The molecule has 0 aliphatic rings. The average molecular weight is 186 g/mol. The molecular weight excluding hydrogens is 164 g/mol. The van der Waals surface area contributed by atoms with Crippen LogP contribution in [0.3, 0.4) is 0 Å². The molecule has 0 aliphatic heterocycles. The summed E-state index contributed by atoms with van der Waals surface area (Å²) >= 11 is 0. The zero-order valence-corrected chi connectivity index (χ0v) is 9.05. The molecule has 0 fully saturated rings. The Morgan fingerprint density at radius 1 is 1.38 bits per heavy atom. The van der Waals surface area contributed by atoms with Crippen LogP contribution < -0.4 is 5.73 Å². The van der Waals surface area contributed by atoms with E-state index in [1.807, 2.05) is 25.9 Å². The predicted molar refractivity (Wildman–Crippen MR) is 55.7 cm³/mol. The largest absolute Gasteiger partial charge is 0.330 e. The van der Waals surface area contributed by atoms with Gasteiger partial charge in [0.2, 0.25) is 0 Å². The quantitative estimate of drug-likeness (QED) is 0.604. The first-order chi connectivity index (χ1) is 6.13. The van der Waals surface area contributed by atoms with Crippen LogP contribution >= 0.6 is 0 Å². The van der Waals surface area contributed by atoms with E-state index in [4.69, 9.17) is 5.73 Å². The van der Waals surface area contributed by atoms with Crippen molar-refractivity contribution in [2.75, 3.05) is 20.6 Å². The van der Waals surface area contributed by atoms with E-state index in [0.717, 1.165) is 25.8 Å². The van der Waals surface area contributed by atoms with Gasteiger partial charge < -0.3 is 5.73 Å². The molecule has 0 aromatic rings. The zero-order chi connectivity index (χ0) is 10.3. The summed E-state index contributed by atoms with van der Waals surface area (Å²) in [5.74, 6) is 0.335. The lowest BCUT2D eigenvalue weighted by Crippen LogP contribution is -2.35. The number of rotatable bonds is 7. The molecule has 1 atom stereocenters. The van der Waals surface area contributed by atoms with Crippen molar-refractivity contribution >= 4 is 5.78 Å². The van der Waals surface area contributed by atoms with Crippen LogP contribution in [0.25, 0.3) is 0 Å². The Kier molecular flexibility index (Phi) is 6.82. The SMILES string of the molecule is CCC(=O)C(CCCCN)N(C)C. The van der Waals surface area contributed by atoms with Crippen LogP contribution in [0.15, 0.2) is 0 Å². The fraction of sp³-hybridized carbons (Fsp3) is 0.900. The Balaban J connectivity index is 3.88. The summed E-state index contributed by atoms with van der Waals surface area (Å²) in [7, 11) is 3.92. The molecule has 78 valence electrons. The van der Waals surface area contributed by atoms with Crippen LogP contribution in [-0.4, -0.2) is 37.4 Å². The normalized spacial score (nSPS) is 13.3. The van der Waals surface area contributed by atoms with E-state index in [1.165, 1.54) is 0 Å². The van der Waals surface area contributed by atoms with Crippen LogP contribution in [0.1, 0.15) is 32.6 Å². The third-order valence-corrected chi connectivity index (χ3v) is 2.28. The predicted octanol–water partition coefficient (Wildman–Crippen LogP) is 1.02. The lowest BCUT2D eigenvalue weighted by molar-refractivity contribution is -0.123. The van der Waals surface area contributed by atoms with Gasteiger partial charge in [-0.3, -0.25) is 9.69 Å². The minimum atomic E-state index is 0.0940. The molecule has 1 unspecified atom stereocenters. The summed E-state index contributed by atoms with van der Waals surface area (Å²) in [6, 6.07) is 0.0940. The van der Waals surface area contributed by atoms with Crippen LogP contribution in [-0.2, 0) is 4.79 Å². The molecule has 0 aliphatic carbocycles. The Morgan fingerprint density at radius 2 is 2.00 bits per heavy atom. The molecule has 0 heterocycles. The molecular formula is C10H22N2O. The van der Waals surface area contributed by atoms with Crippen molar-refractivity contribution in [3.8, 4) is 0 Å². The maximum Gasteiger partial charge on any atom is 0.149 e. The average Bonchev–Trinajstić information content (AvgIpc) is 2.11. The van der Waals surface area contributed by atoms with E-state index in [-0.39, 0.29) is 6.04 Å². The monoisotopic (exact) mass is 186 g/mol. The van der Waals surface area contributed by atoms with Gasteiger partial charge in [-0.25, -0.2) is 0 Å². The van der Waals surface area contributed by atoms with E-state index in [2.05, 4.69) is 0 Å².